The van der Waals surface area contributed by atoms with Crippen LogP contribution >= 0.6 is 0 Å². The van der Waals surface area contributed by atoms with Gasteiger partial charge in [0.25, 0.3) is 11.8 Å². The van der Waals surface area contributed by atoms with E-state index in [1.54, 1.807) is 23.3 Å². The van der Waals surface area contributed by atoms with Crippen LogP contribution < -0.4 is 0 Å². The number of amides is 1. The van der Waals surface area contributed by atoms with Crippen LogP contribution in [0.1, 0.15) is 56.8 Å². The Kier molecular flexibility index (Phi) is 4.94. The standard InChI is InChI=1S/C21H26N6O2/c1-14-6-5-9-26(11-14)19(28)16-12-27(13-23-16)17-8-7-15(10-22-17)18-24-20(25-29-18)21(2,3)4/h7-8,10,12-14H,5-6,9,11H2,1-4H3. The summed E-state index contributed by atoms with van der Waals surface area (Å²) in [6.07, 6.45) is 7.25. The number of nitrogens with zero attached hydrogens (tertiary/aromatic N) is 6. The molecule has 0 aliphatic carbocycles. The van der Waals surface area contributed by atoms with Gasteiger partial charge in [0.15, 0.2) is 5.82 Å². The molecule has 29 heavy (non-hydrogen) atoms. The van der Waals surface area contributed by atoms with Gasteiger partial charge in [-0.25, -0.2) is 9.97 Å². The molecule has 1 fully saturated rings. The summed E-state index contributed by atoms with van der Waals surface area (Å²) in [6.45, 7) is 9.86. The molecule has 0 N–H and O–H groups in total. The summed E-state index contributed by atoms with van der Waals surface area (Å²) < 4.78 is 7.11. The van der Waals surface area contributed by atoms with E-state index in [1.165, 1.54) is 6.42 Å². The van der Waals surface area contributed by atoms with Crippen molar-refractivity contribution in [3.63, 3.8) is 0 Å². The highest BCUT2D eigenvalue weighted by Gasteiger charge is 2.24. The van der Waals surface area contributed by atoms with Gasteiger partial charge in [-0.3, -0.25) is 9.36 Å². The van der Waals surface area contributed by atoms with Crippen LogP contribution in [0.2, 0.25) is 0 Å². The van der Waals surface area contributed by atoms with Crippen molar-refractivity contribution in [1.29, 1.82) is 0 Å². The Morgan fingerprint density at radius 1 is 1.24 bits per heavy atom. The minimum Gasteiger partial charge on any atom is -0.337 e. The van der Waals surface area contributed by atoms with Gasteiger partial charge in [-0.1, -0.05) is 32.9 Å². The Hall–Kier alpha value is -3.03. The molecule has 4 heterocycles. The minimum atomic E-state index is -0.180. The van der Waals surface area contributed by atoms with Gasteiger partial charge in [0, 0.05) is 30.9 Å². The van der Waals surface area contributed by atoms with Crippen LogP contribution in [0.3, 0.4) is 0 Å². The normalized spacial score (nSPS) is 17.5. The molecule has 152 valence electrons. The summed E-state index contributed by atoms with van der Waals surface area (Å²) in [4.78, 5) is 27.8. The Morgan fingerprint density at radius 3 is 2.72 bits per heavy atom. The van der Waals surface area contributed by atoms with E-state index in [4.69, 9.17) is 4.52 Å². The number of piperidine rings is 1. The van der Waals surface area contributed by atoms with Gasteiger partial charge in [0.2, 0.25) is 0 Å². The third-order valence-corrected chi connectivity index (χ3v) is 5.10. The molecule has 0 bridgehead atoms. The summed E-state index contributed by atoms with van der Waals surface area (Å²) in [5, 5.41) is 4.05. The molecule has 1 amide bonds. The highest BCUT2D eigenvalue weighted by Crippen LogP contribution is 2.24. The third-order valence-electron chi connectivity index (χ3n) is 5.10. The zero-order valence-corrected chi connectivity index (χ0v) is 17.3. The molecule has 0 spiro atoms. The number of carbonyl (C=O) groups is 1. The lowest BCUT2D eigenvalue weighted by Gasteiger charge is -2.30. The van der Waals surface area contributed by atoms with E-state index in [9.17, 15) is 4.79 Å². The highest BCUT2D eigenvalue weighted by molar-refractivity contribution is 5.92. The van der Waals surface area contributed by atoms with Gasteiger partial charge in [-0.05, 0) is 30.9 Å². The van der Waals surface area contributed by atoms with Crippen molar-refractivity contribution in [3.8, 4) is 17.3 Å². The predicted molar refractivity (Wildman–Crippen MR) is 108 cm³/mol. The van der Waals surface area contributed by atoms with Gasteiger partial charge in [0.1, 0.15) is 17.8 Å². The Morgan fingerprint density at radius 2 is 2.07 bits per heavy atom. The van der Waals surface area contributed by atoms with Crippen LogP contribution in [0.5, 0.6) is 0 Å². The number of carbonyl (C=O) groups excluding carboxylic acids is 1. The molecule has 1 saturated heterocycles. The van der Waals surface area contributed by atoms with Crippen LogP contribution in [0.25, 0.3) is 17.3 Å². The van der Waals surface area contributed by atoms with E-state index in [2.05, 4.69) is 27.0 Å². The molecule has 1 atom stereocenters. The smallest absolute Gasteiger partial charge is 0.274 e. The molecule has 0 radical (unpaired) electrons. The number of hydrogen-bond donors (Lipinski definition) is 0. The second kappa shape index (κ2) is 7.42. The van der Waals surface area contributed by atoms with E-state index < -0.39 is 0 Å². The minimum absolute atomic E-state index is 0.0208. The summed E-state index contributed by atoms with van der Waals surface area (Å²) in [7, 11) is 0. The van der Waals surface area contributed by atoms with Crippen molar-refractivity contribution in [3.05, 3.63) is 42.4 Å². The Labute approximate surface area is 170 Å². The molecule has 1 unspecified atom stereocenters. The number of likely N-dealkylation sites (tertiary alicyclic amines) is 1. The largest absolute Gasteiger partial charge is 0.337 e. The van der Waals surface area contributed by atoms with Crippen LogP contribution in [-0.2, 0) is 5.41 Å². The fraction of sp³-hybridized carbons (Fsp3) is 0.476. The van der Waals surface area contributed by atoms with Crippen LogP contribution in [0.15, 0.2) is 35.4 Å². The lowest BCUT2D eigenvalue weighted by Crippen LogP contribution is -2.39. The molecule has 8 nitrogen and oxygen atoms in total. The van der Waals surface area contributed by atoms with Gasteiger partial charge in [0.05, 0.1) is 5.56 Å². The molecular weight excluding hydrogens is 368 g/mol. The molecule has 1 aliphatic rings. The Balaban J connectivity index is 1.50. The fourth-order valence-corrected chi connectivity index (χ4v) is 3.41. The van der Waals surface area contributed by atoms with Crippen molar-refractivity contribution < 1.29 is 9.32 Å². The fourth-order valence-electron chi connectivity index (χ4n) is 3.41. The van der Waals surface area contributed by atoms with Crippen LogP contribution in [0.4, 0.5) is 0 Å². The quantitative estimate of drug-likeness (QED) is 0.675. The monoisotopic (exact) mass is 394 g/mol. The van der Waals surface area contributed by atoms with Gasteiger partial charge >= 0.3 is 0 Å². The summed E-state index contributed by atoms with van der Waals surface area (Å²) in [5.41, 5.74) is 1.01. The molecule has 8 heteroatoms. The lowest BCUT2D eigenvalue weighted by atomic mass is 9.96. The summed E-state index contributed by atoms with van der Waals surface area (Å²) in [5.74, 6) is 2.28. The van der Waals surface area contributed by atoms with E-state index in [0.717, 1.165) is 25.1 Å². The highest BCUT2D eigenvalue weighted by atomic mass is 16.5. The molecule has 0 aromatic carbocycles. The maximum Gasteiger partial charge on any atom is 0.274 e. The van der Waals surface area contributed by atoms with Crippen molar-refractivity contribution in [2.75, 3.05) is 13.1 Å². The maximum absolute atomic E-state index is 12.7. The predicted octanol–water partition coefficient (Wildman–Crippen LogP) is 3.49. The first-order chi connectivity index (χ1) is 13.8. The number of imidazole rings is 1. The van der Waals surface area contributed by atoms with Crippen LogP contribution in [0, 0.1) is 5.92 Å². The lowest BCUT2D eigenvalue weighted by molar-refractivity contribution is 0.0677. The van der Waals surface area contributed by atoms with E-state index in [1.807, 2.05) is 37.8 Å². The number of aromatic nitrogens is 5. The van der Waals surface area contributed by atoms with Crippen molar-refractivity contribution >= 4 is 5.91 Å². The second-order valence-electron chi connectivity index (χ2n) is 8.74. The first kappa shape index (κ1) is 19.3. The Bertz CT molecular complexity index is 999. The van der Waals surface area contributed by atoms with Crippen molar-refractivity contribution in [2.24, 2.45) is 5.92 Å². The first-order valence-electron chi connectivity index (χ1n) is 9.95. The van der Waals surface area contributed by atoms with E-state index in [0.29, 0.717) is 29.1 Å². The first-order valence-corrected chi connectivity index (χ1v) is 9.95. The molecule has 1 aliphatic heterocycles. The second-order valence-corrected chi connectivity index (χ2v) is 8.74. The summed E-state index contributed by atoms with van der Waals surface area (Å²) in [6, 6.07) is 3.71. The van der Waals surface area contributed by atoms with Crippen molar-refractivity contribution in [1.82, 2.24) is 29.6 Å². The average molecular weight is 394 g/mol. The van der Waals surface area contributed by atoms with Gasteiger partial charge in [-0.15, -0.1) is 0 Å². The van der Waals surface area contributed by atoms with Gasteiger partial charge < -0.3 is 9.42 Å². The number of pyridine rings is 1. The molecule has 3 aromatic heterocycles. The topological polar surface area (TPSA) is 89.9 Å². The molecule has 0 saturated carbocycles. The number of rotatable bonds is 3. The summed E-state index contributed by atoms with van der Waals surface area (Å²) >= 11 is 0. The molecule has 4 rings (SSSR count). The SMILES string of the molecule is CC1CCCN(C(=O)c2cn(-c3ccc(-c4nc(C(C)(C)C)no4)cn3)cn2)C1. The zero-order chi connectivity index (χ0) is 20.6. The average Bonchev–Trinajstić information content (AvgIpc) is 3.37. The maximum atomic E-state index is 12.7. The van der Waals surface area contributed by atoms with E-state index in [-0.39, 0.29) is 11.3 Å². The number of hydrogen-bond acceptors (Lipinski definition) is 6. The zero-order valence-electron chi connectivity index (χ0n) is 17.3. The third kappa shape index (κ3) is 4.06. The molecule has 3 aromatic rings. The molecular formula is C21H26N6O2. The van der Waals surface area contributed by atoms with Crippen LogP contribution in [-0.4, -0.2) is 48.6 Å². The van der Waals surface area contributed by atoms with E-state index >= 15 is 0 Å². The van der Waals surface area contributed by atoms with Gasteiger partial charge in [-0.2, -0.15) is 4.98 Å². The van der Waals surface area contributed by atoms with Crippen molar-refractivity contribution in [2.45, 2.75) is 46.0 Å².